The summed E-state index contributed by atoms with van der Waals surface area (Å²) < 4.78 is 7.20. The highest BCUT2D eigenvalue weighted by Gasteiger charge is 2.19. The van der Waals surface area contributed by atoms with Crippen LogP contribution in [-0.2, 0) is 11.3 Å². The van der Waals surface area contributed by atoms with E-state index < -0.39 is 4.92 Å². The molecule has 0 saturated heterocycles. The summed E-state index contributed by atoms with van der Waals surface area (Å²) in [4.78, 5) is 23.1. The standard InChI is InChI=1S/C18H19N5O4S/c1-4-22-17(15-6-5-7-27-15)20-21-18(22)28-10-16(24)19-13-8-11(2)12(3)9-14(13)23(25)26/h5-9H,4,10H2,1-3H3,(H,19,24). The highest BCUT2D eigenvalue weighted by atomic mass is 32.2. The zero-order valence-electron chi connectivity index (χ0n) is 15.6. The number of rotatable bonds is 7. The number of benzene rings is 1. The van der Waals surface area contributed by atoms with Crippen molar-refractivity contribution in [1.82, 2.24) is 14.8 Å². The number of aryl methyl sites for hydroxylation is 2. The first-order chi connectivity index (χ1) is 13.4. The van der Waals surface area contributed by atoms with E-state index in [1.165, 1.54) is 17.8 Å². The van der Waals surface area contributed by atoms with Gasteiger partial charge < -0.3 is 9.73 Å². The Morgan fingerprint density at radius 2 is 2.07 bits per heavy atom. The molecule has 3 aromatic rings. The number of amides is 1. The molecule has 1 N–H and O–H groups in total. The molecule has 0 unspecified atom stereocenters. The summed E-state index contributed by atoms with van der Waals surface area (Å²) in [5.41, 5.74) is 1.72. The number of nitrogens with one attached hydrogen (secondary N) is 1. The van der Waals surface area contributed by atoms with Crippen LogP contribution in [0.4, 0.5) is 11.4 Å². The minimum Gasteiger partial charge on any atom is -0.461 e. The van der Waals surface area contributed by atoms with Crippen molar-refractivity contribution >= 4 is 29.0 Å². The average Bonchev–Trinajstić information content (AvgIpc) is 3.31. The summed E-state index contributed by atoms with van der Waals surface area (Å²) in [5, 5.41) is 22.7. The van der Waals surface area contributed by atoms with Crippen LogP contribution in [0.3, 0.4) is 0 Å². The second kappa shape index (κ2) is 8.26. The monoisotopic (exact) mass is 401 g/mol. The first-order valence-electron chi connectivity index (χ1n) is 8.56. The molecule has 0 spiro atoms. The van der Waals surface area contributed by atoms with E-state index in [9.17, 15) is 14.9 Å². The summed E-state index contributed by atoms with van der Waals surface area (Å²) in [6.45, 7) is 6.18. The SMILES string of the molecule is CCn1c(SCC(=O)Nc2cc(C)c(C)cc2[N+](=O)[O-])nnc1-c1ccco1. The fourth-order valence-corrected chi connectivity index (χ4v) is 3.44. The van der Waals surface area contributed by atoms with Crippen molar-refractivity contribution in [2.75, 3.05) is 11.1 Å². The van der Waals surface area contributed by atoms with Gasteiger partial charge in [0.25, 0.3) is 5.69 Å². The van der Waals surface area contributed by atoms with Crippen LogP contribution in [0, 0.1) is 24.0 Å². The van der Waals surface area contributed by atoms with E-state index >= 15 is 0 Å². The van der Waals surface area contributed by atoms with Gasteiger partial charge in [0.05, 0.1) is 16.9 Å². The second-order valence-electron chi connectivity index (χ2n) is 6.08. The van der Waals surface area contributed by atoms with Crippen molar-refractivity contribution < 1.29 is 14.1 Å². The summed E-state index contributed by atoms with van der Waals surface area (Å²) in [6.07, 6.45) is 1.56. The number of furan rings is 1. The lowest BCUT2D eigenvalue weighted by molar-refractivity contribution is -0.384. The van der Waals surface area contributed by atoms with Crippen molar-refractivity contribution in [3.8, 4) is 11.6 Å². The van der Waals surface area contributed by atoms with Gasteiger partial charge in [-0.05, 0) is 50.1 Å². The number of thioether (sulfide) groups is 1. The quantitative estimate of drug-likeness (QED) is 0.363. The van der Waals surface area contributed by atoms with E-state index in [4.69, 9.17) is 4.42 Å². The number of hydrogen-bond acceptors (Lipinski definition) is 7. The van der Waals surface area contributed by atoms with Crippen molar-refractivity contribution in [1.29, 1.82) is 0 Å². The lowest BCUT2D eigenvalue weighted by Gasteiger charge is -2.09. The van der Waals surface area contributed by atoms with Crippen LogP contribution in [0.2, 0.25) is 0 Å². The zero-order valence-corrected chi connectivity index (χ0v) is 16.4. The number of nitrogens with zero attached hydrogens (tertiary/aromatic N) is 4. The highest BCUT2D eigenvalue weighted by Crippen LogP contribution is 2.29. The Morgan fingerprint density at radius 3 is 2.71 bits per heavy atom. The molecule has 3 rings (SSSR count). The van der Waals surface area contributed by atoms with Crippen LogP contribution in [0.25, 0.3) is 11.6 Å². The van der Waals surface area contributed by atoms with E-state index in [2.05, 4.69) is 15.5 Å². The molecule has 0 aliphatic carbocycles. The fourth-order valence-electron chi connectivity index (χ4n) is 2.64. The number of carbonyl (C=O) groups excluding carboxylic acids is 1. The number of hydrogen-bond donors (Lipinski definition) is 1. The topological polar surface area (TPSA) is 116 Å². The van der Waals surface area contributed by atoms with Gasteiger partial charge in [-0.25, -0.2) is 0 Å². The number of anilines is 1. The molecule has 2 aromatic heterocycles. The predicted molar refractivity (Wildman–Crippen MR) is 105 cm³/mol. The van der Waals surface area contributed by atoms with Crippen molar-refractivity contribution in [3.05, 3.63) is 51.8 Å². The molecule has 0 radical (unpaired) electrons. The third kappa shape index (κ3) is 4.06. The van der Waals surface area contributed by atoms with E-state index in [0.717, 1.165) is 11.1 Å². The number of carbonyl (C=O) groups is 1. The van der Waals surface area contributed by atoms with Gasteiger partial charge in [-0.1, -0.05) is 11.8 Å². The Kier molecular flexibility index (Phi) is 5.78. The van der Waals surface area contributed by atoms with E-state index in [1.54, 1.807) is 31.4 Å². The summed E-state index contributed by atoms with van der Waals surface area (Å²) in [6, 6.07) is 6.62. The number of nitro benzene ring substituents is 1. The second-order valence-corrected chi connectivity index (χ2v) is 7.02. The van der Waals surface area contributed by atoms with Crippen LogP contribution >= 0.6 is 11.8 Å². The molecule has 2 heterocycles. The largest absolute Gasteiger partial charge is 0.461 e. The molecule has 146 valence electrons. The molecule has 0 aliphatic heterocycles. The molecule has 0 atom stereocenters. The lowest BCUT2D eigenvalue weighted by atomic mass is 10.1. The number of aromatic nitrogens is 3. The Bertz CT molecular complexity index is 1010. The van der Waals surface area contributed by atoms with Crippen LogP contribution in [-0.4, -0.2) is 31.3 Å². The molecular weight excluding hydrogens is 382 g/mol. The van der Waals surface area contributed by atoms with Crippen LogP contribution in [0.5, 0.6) is 0 Å². The van der Waals surface area contributed by atoms with Crippen LogP contribution < -0.4 is 5.32 Å². The summed E-state index contributed by atoms with van der Waals surface area (Å²) in [7, 11) is 0. The minimum absolute atomic E-state index is 0.0420. The Balaban J connectivity index is 1.72. The van der Waals surface area contributed by atoms with E-state index in [-0.39, 0.29) is 23.0 Å². The zero-order chi connectivity index (χ0) is 20.3. The Hall–Kier alpha value is -3.14. The molecule has 1 aromatic carbocycles. The molecule has 0 fully saturated rings. The van der Waals surface area contributed by atoms with Gasteiger partial charge in [-0.3, -0.25) is 19.5 Å². The first-order valence-corrected chi connectivity index (χ1v) is 9.54. The van der Waals surface area contributed by atoms with E-state index in [0.29, 0.717) is 23.3 Å². The molecule has 1 amide bonds. The molecule has 28 heavy (non-hydrogen) atoms. The third-order valence-corrected chi connectivity index (χ3v) is 5.16. The van der Waals surface area contributed by atoms with Crippen molar-refractivity contribution in [3.63, 3.8) is 0 Å². The maximum Gasteiger partial charge on any atom is 0.293 e. The highest BCUT2D eigenvalue weighted by molar-refractivity contribution is 7.99. The molecule has 0 saturated carbocycles. The van der Waals surface area contributed by atoms with Gasteiger partial charge in [0, 0.05) is 12.6 Å². The summed E-state index contributed by atoms with van der Waals surface area (Å²) in [5.74, 6) is 0.860. The van der Waals surface area contributed by atoms with Gasteiger partial charge in [0.1, 0.15) is 5.69 Å². The molecule has 0 bridgehead atoms. The normalized spacial score (nSPS) is 10.8. The van der Waals surface area contributed by atoms with Crippen molar-refractivity contribution in [2.45, 2.75) is 32.5 Å². The maximum atomic E-state index is 12.4. The Morgan fingerprint density at radius 1 is 1.32 bits per heavy atom. The van der Waals surface area contributed by atoms with E-state index in [1.807, 2.05) is 18.4 Å². The van der Waals surface area contributed by atoms with Crippen LogP contribution in [0.15, 0.2) is 40.1 Å². The molecule has 9 nitrogen and oxygen atoms in total. The van der Waals surface area contributed by atoms with Gasteiger partial charge in [0.2, 0.25) is 5.91 Å². The smallest absolute Gasteiger partial charge is 0.293 e. The molecule has 10 heteroatoms. The van der Waals surface area contributed by atoms with Gasteiger partial charge in [0.15, 0.2) is 16.7 Å². The molecule has 0 aliphatic rings. The maximum absolute atomic E-state index is 12.4. The molecular formula is C18H19N5O4S. The van der Waals surface area contributed by atoms with Gasteiger partial charge >= 0.3 is 0 Å². The van der Waals surface area contributed by atoms with Crippen LogP contribution in [0.1, 0.15) is 18.1 Å². The predicted octanol–water partition coefficient (Wildman–Crippen LogP) is 3.81. The average molecular weight is 401 g/mol. The third-order valence-electron chi connectivity index (χ3n) is 4.19. The summed E-state index contributed by atoms with van der Waals surface area (Å²) >= 11 is 1.20. The van der Waals surface area contributed by atoms with Crippen molar-refractivity contribution in [2.24, 2.45) is 0 Å². The fraction of sp³-hybridized carbons (Fsp3) is 0.278. The minimum atomic E-state index is -0.501. The van der Waals surface area contributed by atoms with Gasteiger partial charge in [-0.15, -0.1) is 10.2 Å². The number of nitro groups is 1. The first kappa shape index (κ1) is 19.6. The lowest BCUT2D eigenvalue weighted by Crippen LogP contribution is -2.16. The van der Waals surface area contributed by atoms with Gasteiger partial charge in [-0.2, -0.15) is 0 Å². The Labute approximate surface area is 165 Å².